The average molecular weight is 780 g/mol. The van der Waals surface area contributed by atoms with E-state index in [0.29, 0.717) is 17.5 Å². The van der Waals surface area contributed by atoms with Crippen molar-refractivity contribution in [2.45, 2.75) is 0 Å². The van der Waals surface area contributed by atoms with Crippen LogP contribution in [0.3, 0.4) is 0 Å². The lowest BCUT2D eigenvalue weighted by atomic mass is 9.96. The Morgan fingerprint density at radius 3 is 1.20 bits per heavy atom. The molecule has 4 heteroatoms. The smallest absolute Gasteiger partial charge is 0.164 e. The van der Waals surface area contributed by atoms with Crippen molar-refractivity contribution in [3.8, 4) is 89.8 Å². The fourth-order valence-corrected chi connectivity index (χ4v) is 8.23. The number of furan rings is 1. The first-order valence-corrected chi connectivity index (χ1v) is 20.5. The number of fused-ring (bicyclic) bond motifs is 3. The highest BCUT2D eigenvalue weighted by atomic mass is 16.3. The van der Waals surface area contributed by atoms with Gasteiger partial charge in [0.2, 0.25) is 0 Å². The highest BCUT2D eigenvalue weighted by Gasteiger charge is 2.17. The van der Waals surface area contributed by atoms with E-state index in [1.54, 1.807) is 0 Å². The number of nitrogens with zero attached hydrogens (tertiary/aromatic N) is 3. The van der Waals surface area contributed by atoms with Gasteiger partial charge in [-0.15, -0.1) is 0 Å². The van der Waals surface area contributed by atoms with Gasteiger partial charge in [0.1, 0.15) is 11.2 Å². The molecule has 9 aromatic carbocycles. The predicted octanol–water partition coefficient (Wildman–Crippen LogP) is 15.1. The summed E-state index contributed by atoms with van der Waals surface area (Å²) in [5, 5.41) is 2.12. The molecule has 0 saturated carbocycles. The first-order valence-electron chi connectivity index (χ1n) is 20.5. The topological polar surface area (TPSA) is 51.8 Å². The second kappa shape index (κ2) is 15.5. The molecule has 0 N–H and O–H groups in total. The SMILES string of the molecule is c1ccc(-c2ccc(-c3cccc4oc5cc(-c6nc(-c7ccc(-c8cccc(-c9ccccc9)c8)cc7)nc(-c7cccc(-c8ccccc8)c7)n6)ccc5c34)cc2)cc1. The van der Waals surface area contributed by atoms with Crippen LogP contribution in [0, 0.1) is 0 Å². The van der Waals surface area contributed by atoms with Crippen LogP contribution in [0.2, 0.25) is 0 Å². The van der Waals surface area contributed by atoms with E-state index in [0.717, 1.165) is 72.0 Å². The van der Waals surface area contributed by atoms with Gasteiger partial charge in [0.05, 0.1) is 0 Å². The van der Waals surface area contributed by atoms with Gasteiger partial charge in [-0.25, -0.2) is 15.0 Å². The van der Waals surface area contributed by atoms with Gasteiger partial charge < -0.3 is 4.42 Å². The summed E-state index contributed by atoms with van der Waals surface area (Å²) in [7, 11) is 0. The van der Waals surface area contributed by atoms with Crippen molar-refractivity contribution < 1.29 is 4.42 Å². The molecule has 0 unspecified atom stereocenters. The molecule has 4 nitrogen and oxygen atoms in total. The molecule has 0 aliphatic rings. The minimum atomic E-state index is 0.573. The number of benzene rings is 9. The zero-order valence-electron chi connectivity index (χ0n) is 33.1. The van der Waals surface area contributed by atoms with Crippen molar-refractivity contribution in [1.82, 2.24) is 15.0 Å². The second-order valence-corrected chi connectivity index (χ2v) is 15.2. The summed E-state index contributed by atoms with van der Waals surface area (Å²) in [5.74, 6) is 1.77. The monoisotopic (exact) mass is 779 g/mol. The van der Waals surface area contributed by atoms with Crippen LogP contribution in [0.5, 0.6) is 0 Å². The molecule has 11 rings (SSSR count). The van der Waals surface area contributed by atoms with Gasteiger partial charge in [-0.05, 0) is 86.0 Å². The van der Waals surface area contributed by atoms with E-state index in [9.17, 15) is 0 Å². The number of hydrogen-bond acceptors (Lipinski definition) is 4. The fourth-order valence-electron chi connectivity index (χ4n) is 8.23. The molecule has 0 amide bonds. The van der Waals surface area contributed by atoms with Gasteiger partial charge in [0.15, 0.2) is 17.5 Å². The van der Waals surface area contributed by atoms with Gasteiger partial charge in [-0.3, -0.25) is 0 Å². The molecule has 61 heavy (non-hydrogen) atoms. The number of hydrogen-bond donors (Lipinski definition) is 0. The molecular formula is C57H37N3O. The molecule has 0 aliphatic carbocycles. The van der Waals surface area contributed by atoms with E-state index >= 15 is 0 Å². The first-order chi connectivity index (χ1) is 30.2. The van der Waals surface area contributed by atoms with Crippen molar-refractivity contribution >= 4 is 21.9 Å². The fraction of sp³-hybridized carbons (Fsp3) is 0. The Balaban J connectivity index is 0.992. The maximum absolute atomic E-state index is 6.58. The van der Waals surface area contributed by atoms with Crippen LogP contribution in [0.25, 0.3) is 112 Å². The van der Waals surface area contributed by atoms with Crippen LogP contribution in [0.1, 0.15) is 0 Å². The van der Waals surface area contributed by atoms with Gasteiger partial charge in [0, 0.05) is 27.5 Å². The van der Waals surface area contributed by atoms with Crippen LogP contribution in [-0.2, 0) is 0 Å². The highest BCUT2D eigenvalue weighted by Crippen LogP contribution is 2.39. The van der Waals surface area contributed by atoms with Crippen molar-refractivity contribution in [3.05, 3.63) is 224 Å². The molecule has 0 fully saturated rings. The van der Waals surface area contributed by atoms with E-state index in [1.807, 2.05) is 24.3 Å². The van der Waals surface area contributed by atoms with Crippen molar-refractivity contribution in [2.75, 3.05) is 0 Å². The molecule has 11 aromatic rings. The van der Waals surface area contributed by atoms with Gasteiger partial charge >= 0.3 is 0 Å². The summed E-state index contributed by atoms with van der Waals surface area (Å²) < 4.78 is 6.58. The van der Waals surface area contributed by atoms with Gasteiger partial charge in [0.25, 0.3) is 0 Å². The maximum Gasteiger partial charge on any atom is 0.164 e. The maximum atomic E-state index is 6.58. The lowest BCUT2D eigenvalue weighted by Crippen LogP contribution is -2.00. The molecule has 2 aromatic heterocycles. The predicted molar refractivity (Wildman–Crippen MR) is 251 cm³/mol. The minimum Gasteiger partial charge on any atom is -0.456 e. The summed E-state index contributed by atoms with van der Waals surface area (Å²) in [4.78, 5) is 15.4. The summed E-state index contributed by atoms with van der Waals surface area (Å²) in [6.45, 7) is 0. The van der Waals surface area contributed by atoms with Gasteiger partial charge in [-0.1, -0.05) is 194 Å². The summed E-state index contributed by atoms with van der Waals surface area (Å²) in [6, 6.07) is 78.2. The van der Waals surface area contributed by atoms with Crippen LogP contribution in [0.4, 0.5) is 0 Å². The Morgan fingerprint density at radius 2 is 0.623 bits per heavy atom. The van der Waals surface area contributed by atoms with E-state index in [-0.39, 0.29) is 0 Å². The van der Waals surface area contributed by atoms with E-state index in [4.69, 9.17) is 19.4 Å². The van der Waals surface area contributed by atoms with Gasteiger partial charge in [-0.2, -0.15) is 0 Å². The second-order valence-electron chi connectivity index (χ2n) is 15.2. The molecule has 0 bridgehead atoms. The normalized spacial score (nSPS) is 11.3. The molecule has 0 aliphatic heterocycles. The summed E-state index contributed by atoms with van der Waals surface area (Å²) in [6.07, 6.45) is 0. The van der Waals surface area contributed by atoms with E-state index in [2.05, 4.69) is 200 Å². The Kier molecular flexibility index (Phi) is 9.14. The Labute approximate surface area is 354 Å². The van der Waals surface area contributed by atoms with Crippen LogP contribution >= 0.6 is 0 Å². The molecule has 0 radical (unpaired) electrons. The zero-order chi connectivity index (χ0) is 40.5. The molecule has 0 atom stereocenters. The Morgan fingerprint density at radius 1 is 0.246 bits per heavy atom. The van der Waals surface area contributed by atoms with Crippen LogP contribution in [0.15, 0.2) is 229 Å². The lowest BCUT2D eigenvalue weighted by Gasteiger charge is -2.11. The minimum absolute atomic E-state index is 0.573. The third-order valence-corrected chi connectivity index (χ3v) is 11.4. The molecule has 286 valence electrons. The van der Waals surface area contributed by atoms with Crippen LogP contribution < -0.4 is 0 Å². The largest absolute Gasteiger partial charge is 0.456 e. The molecule has 0 spiro atoms. The first kappa shape index (κ1) is 35.9. The zero-order valence-corrected chi connectivity index (χ0v) is 33.1. The van der Waals surface area contributed by atoms with Crippen LogP contribution in [-0.4, -0.2) is 15.0 Å². The summed E-state index contributed by atoms with van der Waals surface area (Å²) >= 11 is 0. The van der Waals surface area contributed by atoms with Crippen molar-refractivity contribution in [1.29, 1.82) is 0 Å². The Bertz CT molecular complexity index is 3320. The Hall–Kier alpha value is -8.21. The molecule has 2 heterocycles. The van der Waals surface area contributed by atoms with Crippen molar-refractivity contribution in [2.24, 2.45) is 0 Å². The highest BCUT2D eigenvalue weighted by molar-refractivity contribution is 6.13. The number of rotatable bonds is 8. The quantitative estimate of drug-likeness (QED) is 0.154. The third kappa shape index (κ3) is 7.07. The lowest BCUT2D eigenvalue weighted by molar-refractivity contribution is 0.669. The third-order valence-electron chi connectivity index (χ3n) is 11.4. The molecule has 0 saturated heterocycles. The number of aromatic nitrogens is 3. The summed E-state index contributed by atoms with van der Waals surface area (Å²) in [5.41, 5.74) is 15.8. The standard InChI is InChI=1S/C57H37N3O/c1-4-13-38(14-5-1)41-25-29-43(30-26-41)50-23-12-24-52-54(50)51-34-33-49(37-53(51)61-52)57-59-55(58-56(60-57)48-22-11-21-47(36-48)40-17-8-3-9-18-40)44-31-27-42(28-32-44)46-20-10-19-45(35-46)39-15-6-2-7-16-39/h1-37H. The van der Waals surface area contributed by atoms with E-state index in [1.165, 1.54) is 22.3 Å². The average Bonchev–Trinajstić information content (AvgIpc) is 3.73. The molecular weight excluding hydrogens is 743 g/mol. The van der Waals surface area contributed by atoms with E-state index < -0.39 is 0 Å². The van der Waals surface area contributed by atoms with Crippen molar-refractivity contribution in [3.63, 3.8) is 0 Å².